The Labute approximate surface area is 542 Å². The molecule has 488 valence electrons. The van der Waals surface area contributed by atoms with Gasteiger partial charge in [-0.15, -0.1) is 0 Å². The number of methoxy groups -OCH3 is 1. The molecule has 0 atom stereocenters. The number of primary amides is 3. The number of carboxylic acids is 2. The van der Waals surface area contributed by atoms with Crippen molar-refractivity contribution >= 4 is 47.6 Å². The predicted molar refractivity (Wildman–Crippen MR) is 352 cm³/mol. The molecule has 9 N–H and O–H groups in total. The first kappa shape index (κ1) is 69.8. The zero-order valence-electron chi connectivity index (χ0n) is 52.9. The summed E-state index contributed by atoms with van der Waals surface area (Å²) in [5.41, 5.74) is 30.6. The smallest absolute Gasteiger partial charge is 0.343 e. The van der Waals surface area contributed by atoms with E-state index < -0.39 is 42.2 Å². The van der Waals surface area contributed by atoms with Crippen molar-refractivity contribution in [3.05, 3.63) is 214 Å². The van der Waals surface area contributed by atoms with E-state index >= 15 is 0 Å². The van der Waals surface area contributed by atoms with Crippen LogP contribution >= 0.6 is 0 Å². The second kappa shape index (κ2) is 32.9. The van der Waals surface area contributed by atoms with Crippen LogP contribution in [0.4, 0.5) is 0 Å². The number of ether oxygens (including phenoxy) is 5. The number of benzene rings is 6. The molecule has 0 unspecified atom stereocenters. The minimum atomic E-state index is -1.06. The van der Waals surface area contributed by atoms with E-state index in [1.807, 2.05) is 98.1 Å². The number of aromatic hydroxyl groups is 1. The molecule has 22 heteroatoms. The molecule has 3 heterocycles. The van der Waals surface area contributed by atoms with Gasteiger partial charge in [0.2, 0.25) is 17.7 Å². The van der Waals surface area contributed by atoms with E-state index in [1.165, 1.54) is 7.11 Å². The lowest BCUT2D eigenvalue weighted by Crippen LogP contribution is -2.13. The number of aromatic nitrogens is 3. The van der Waals surface area contributed by atoms with E-state index in [-0.39, 0.29) is 43.6 Å². The van der Waals surface area contributed by atoms with Crippen molar-refractivity contribution in [1.29, 1.82) is 0 Å². The van der Waals surface area contributed by atoms with Gasteiger partial charge in [0, 0.05) is 50.8 Å². The van der Waals surface area contributed by atoms with Gasteiger partial charge in [0.25, 0.3) is 0 Å². The summed E-state index contributed by atoms with van der Waals surface area (Å²) >= 11 is 0. The summed E-state index contributed by atoms with van der Waals surface area (Å²) in [6.07, 6.45) is 1.81. The lowest BCUT2D eigenvalue weighted by molar-refractivity contribution is -0.144. The third kappa shape index (κ3) is 18.5. The molecular formula is C72H74N6O16. The maximum atomic E-state index is 12.0. The fourth-order valence-electron chi connectivity index (χ4n) is 10.3. The van der Waals surface area contributed by atoms with Gasteiger partial charge in [-0.25, -0.2) is 9.59 Å². The van der Waals surface area contributed by atoms with Crippen molar-refractivity contribution in [3.8, 4) is 68.1 Å². The number of hydrogen-bond donors (Lipinski definition) is 6. The molecule has 9 rings (SSSR count). The molecule has 22 nitrogen and oxygen atoms in total. The van der Waals surface area contributed by atoms with E-state index in [0.717, 1.165) is 84.6 Å². The number of nitrogens with zero attached hydrogens (tertiary/aromatic N) is 3. The van der Waals surface area contributed by atoms with Crippen molar-refractivity contribution in [2.24, 2.45) is 17.2 Å². The van der Waals surface area contributed by atoms with Gasteiger partial charge < -0.3 is 69.9 Å². The first-order valence-corrected chi connectivity index (χ1v) is 29.9. The fourth-order valence-corrected chi connectivity index (χ4v) is 10.3. The number of phenols is 1. The van der Waals surface area contributed by atoms with Crippen LogP contribution in [0.2, 0.25) is 0 Å². The third-order valence-corrected chi connectivity index (χ3v) is 14.8. The summed E-state index contributed by atoms with van der Waals surface area (Å²) in [5.74, 6) is -3.25. The highest BCUT2D eigenvalue weighted by molar-refractivity contribution is 5.94. The molecule has 9 aromatic rings. The van der Waals surface area contributed by atoms with E-state index in [4.69, 9.17) is 46.4 Å². The Morgan fingerprint density at radius 1 is 0.404 bits per heavy atom. The number of carboxylic acid groups (broad SMARTS) is 2. The molecular weight excluding hydrogens is 1200 g/mol. The summed E-state index contributed by atoms with van der Waals surface area (Å²) < 4.78 is 31.4. The molecule has 0 radical (unpaired) electrons. The van der Waals surface area contributed by atoms with Gasteiger partial charge in [-0.3, -0.25) is 28.8 Å². The highest BCUT2D eigenvalue weighted by atomic mass is 16.6. The lowest BCUT2D eigenvalue weighted by atomic mass is 10.1. The number of aliphatic carboxylic acids is 2. The van der Waals surface area contributed by atoms with E-state index in [2.05, 4.69) is 13.9 Å². The molecule has 94 heavy (non-hydrogen) atoms. The highest BCUT2D eigenvalue weighted by Crippen LogP contribution is 2.34. The van der Waals surface area contributed by atoms with Crippen LogP contribution in [0.15, 0.2) is 164 Å². The largest absolute Gasteiger partial charge is 0.508 e. The van der Waals surface area contributed by atoms with E-state index in [0.29, 0.717) is 60.7 Å². The molecule has 0 bridgehead atoms. The molecule has 6 aromatic carbocycles. The van der Waals surface area contributed by atoms with Crippen molar-refractivity contribution in [1.82, 2.24) is 13.7 Å². The van der Waals surface area contributed by atoms with Gasteiger partial charge in [0.15, 0.2) is 13.2 Å². The number of rotatable bonds is 26. The Balaban J connectivity index is 0.000000200. The number of nitrogens with two attached hydrogens (primary N) is 3. The van der Waals surface area contributed by atoms with Crippen LogP contribution in [0, 0.1) is 20.8 Å². The summed E-state index contributed by atoms with van der Waals surface area (Å²) in [4.78, 5) is 91.6. The van der Waals surface area contributed by atoms with Crippen molar-refractivity contribution in [2.45, 2.75) is 73.1 Å². The molecule has 0 fully saturated rings. The SMILES string of the molecule is CCOC(=O)CCc1ccc(-c2ccc(O)cc2)n1-c1ccc(C(N)=O)cc1C.CCOC(=O)CCc1ccc(-c2ccc(OCC(=O)OC)cc2)n1-c1ccc(C(N)=O)cc1C.Cc1cc(C(N)=O)ccc1-n1c(CCC(=O)O)ccc1-c1ccc(OCC(=O)O)cc1. The zero-order chi connectivity index (χ0) is 68.2. The molecule has 0 saturated carbocycles. The van der Waals surface area contributed by atoms with Crippen LogP contribution in [0.1, 0.15) is 98.0 Å². The van der Waals surface area contributed by atoms with Gasteiger partial charge in [0.1, 0.15) is 17.2 Å². The van der Waals surface area contributed by atoms with Crippen LogP contribution in [0.5, 0.6) is 17.2 Å². The average molecular weight is 1280 g/mol. The number of carbonyl (C=O) groups is 8. The Bertz CT molecular complexity index is 4200. The predicted octanol–water partition coefficient (Wildman–Crippen LogP) is 10.4. The van der Waals surface area contributed by atoms with Crippen LogP contribution in [-0.4, -0.2) is 110 Å². The number of hydrogen-bond acceptors (Lipinski definition) is 14. The lowest BCUT2D eigenvalue weighted by Gasteiger charge is -2.17. The molecule has 0 spiro atoms. The standard InChI is InChI=1S/C26H28N2O6.C23H22N2O6.C23H24N2O4/c1-4-33-24(29)14-9-20-8-13-23(18-5-10-21(11-6-18)34-16-25(30)32-3)28(20)22-12-7-19(26(27)31)15-17(22)2;1-14-12-16(23(24)30)4-9-19(14)25-17(6-11-21(26)27)5-10-20(25)15-2-7-18(8-3-15)31-13-22(28)29;1-3-29-22(27)13-8-18-7-12-21(16-4-9-19(26)10-5-16)25(18)20-11-6-17(23(24)28)14-15(20)2/h5-8,10-13,15H,4,9,14,16H2,1-3H3,(H2,27,31);2-5,7-10,12H,6,11,13H2,1H3,(H2,24,30)(H,26,27)(H,28,29);4-7,9-12,14,26H,3,8,13H2,1-2H3,(H2,24,28). The maximum Gasteiger partial charge on any atom is 0.343 e. The fraction of sp³-hybridized carbons (Fsp3) is 0.222. The van der Waals surface area contributed by atoms with Gasteiger partial charge in [0.05, 0.1) is 56.7 Å². The van der Waals surface area contributed by atoms with Crippen LogP contribution in [-0.2, 0) is 57.4 Å². The first-order valence-electron chi connectivity index (χ1n) is 29.9. The van der Waals surface area contributed by atoms with Crippen molar-refractivity contribution < 1.29 is 77.4 Å². The van der Waals surface area contributed by atoms with Crippen molar-refractivity contribution in [3.63, 3.8) is 0 Å². The Morgan fingerprint density at radius 3 is 1.03 bits per heavy atom. The zero-order valence-corrected chi connectivity index (χ0v) is 52.9. The summed E-state index contributed by atoms with van der Waals surface area (Å²) in [5, 5.41) is 27.5. The van der Waals surface area contributed by atoms with Gasteiger partial charge >= 0.3 is 29.8 Å². The molecule has 0 aliphatic heterocycles. The quantitative estimate of drug-likeness (QED) is 0.0217. The Morgan fingerprint density at radius 2 is 0.734 bits per heavy atom. The number of esters is 3. The van der Waals surface area contributed by atoms with Crippen LogP contribution in [0.25, 0.3) is 50.8 Å². The Hall–Kier alpha value is -11.7. The topological polar surface area (TPSA) is 336 Å². The number of aryl methyl sites for hydroxylation is 6. The van der Waals surface area contributed by atoms with Gasteiger partial charge in [-0.2, -0.15) is 0 Å². The minimum absolute atomic E-state index is 0.0240. The maximum absolute atomic E-state index is 12.0. The second-order valence-corrected chi connectivity index (χ2v) is 21.4. The Kier molecular flexibility index (Phi) is 24.4. The minimum Gasteiger partial charge on any atom is -0.508 e. The van der Waals surface area contributed by atoms with Crippen LogP contribution < -0.4 is 26.7 Å². The first-order chi connectivity index (χ1) is 45.0. The molecule has 0 aliphatic carbocycles. The monoisotopic (exact) mass is 1280 g/mol. The molecule has 3 aromatic heterocycles. The van der Waals surface area contributed by atoms with E-state index in [9.17, 15) is 43.5 Å². The summed E-state index contributed by atoms with van der Waals surface area (Å²) in [6.45, 7) is 9.33. The van der Waals surface area contributed by atoms with Crippen LogP contribution in [0.3, 0.4) is 0 Å². The van der Waals surface area contributed by atoms with Gasteiger partial charge in [-0.1, -0.05) is 0 Å². The highest BCUT2D eigenvalue weighted by Gasteiger charge is 2.21. The normalized spacial score (nSPS) is 10.6. The summed E-state index contributed by atoms with van der Waals surface area (Å²) in [7, 11) is 1.31. The number of phenolic OH excluding ortho intramolecular Hbond substituents is 1. The number of amides is 3. The van der Waals surface area contributed by atoms with Gasteiger partial charge in [-0.05, 0) is 251 Å². The second-order valence-electron chi connectivity index (χ2n) is 21.4. The molecule has 0 saturated heterocycles. The number of carbonyl (C=O) groups excluding carboxylic acids is 6. The third-order valence-electron chi connectivity index (χ3n) is 14.8. The summed E-state index contributed by atoms with van der Waals surface area (Å²) in [6, 6.07) is 48.6. The molecule has 3 amide bonds. The average Bonchev–Trinajstić information content (AvgIpc) is 1.60. The molecule has 0 aliphatic rings. The van der Waals surface area contributed by atoms with Crippen molar-refractivity contribution in [2.75, 3.05) is 33.5 Å². The van der Waals surface area contributed by atoms with E-state index in [1.54, 1.807) is 105 Å².